The van der Waals surface area contributed by atoms with Crippen molar-refractivity contribution in [1.82, 2.24) is 0 Å². The topological polar surface area (TPSA) is 58.9 Å². The van der Waals surface area contributed by atoms with E-state index in [0.29, 0.717) is 32.3 Å². The van der Waals surface area contributed by atoms with Crippen LogP contribution < -0.4 is 0 Å². The predicted molar refractivity (Wildman–Crippen MR) is 81.9 cm³/mol. The van der Waals surface area contributed by atoms with E-state index in [4.69, 9.17) is 9.47 Å². The molecule has 1 heterocycles. The quantitative estimate of drug-likeness (QED) is 0.780. The number of ether oxygens (including phenoxy) is 2. The molecule has 22 heavy (non-hydrogen) atoms. The van der Waals surface area contributed by atoms with Gasteiger partial charge in [0.1, 0.15) is 12.2 Å². The van der Waals surface area contributed by atoms with E-state index in [0.717, 1.165) is 11.1 Å². The van der Waals surface area contributed by atoms with Crippen LogP contribution in [0.15, 0.2) is 24.3 Å². The van der Waals surface area contributed by atoms with Crippen molar-refractivity contribution in [2.24, 2.45) is 0 Å². The van der Waals surface area contributed by atoms with Crippen LogP contribution in [-0.2, 0) is 9.47 Å². The largest absolute Gasteiger partial charge is 0.393 e. The van der Waals surface area contributed by atoms with Crippen LogP contribution in [0.3, 0.4) is 0 Å². The number of benzene rings is 1. The molecule has 3 rings (SSSR count). The van der Waals surface area contributed by atoms with Crippen LogP contribution in [0.2, 0.25) is 0 Å². The molecule has 0 bridgehead atoms. The van der Waals surface area contributed by atoms with Crippen molar-refractivity contribution >= 4 is 0 Å². The Morgan fingerprint density at radius 1 is 1.23 bits per heavy atom. The molecule has 4 nitrogen and oxygen atoms in total. The van der Waals surface area contributed by atoms with Crippen LogP contribution in [0.5, 0.6) is 0 Å². The second-order valence-corrected chi connectivity index (χ2v) is 6.16. The van der Waals surface area contributed by atoms with Crippen molar-refractivity contribution in [3.63, 3.8) is 0 Å². The zero-order valence-corrected chi connectivity index (χ0v) is 12.8. The lowest BCUT2D eigenvalue weighted by Gasteiger charge is -2.33. The van der Waals surface area contributed by atoms with E-state index in [1.165, 1.54) is 0 Å². The predicted octanol–water partition coefficient (Wildman–Crippen LogP) is 2.08. The number of hydrogen-bond acceptors (Lipinski definition) is 4. The molecule has 1 aromatic rings. The maximum atomic E-state index is 10.1. The number of aliphatic hydroxyl groups is 2. The second-order valence-electron chi connectivity index (χ2n) is 6.16. The van der Waals surface area contributed by atoms with E-state index in [2.05, 4.69) is 11.8 Å². The van der Waals surface area contributed by atoms with Gasteiger partial charge in [-0.05, 0) is 25.3 Å². The summed E-state index contributed by atoms with van der Waals surface area (Å²) in [5.41, 5.74) is 1.94. The summed E-state index contributed by atoms with van der Waals surface area (Å²) in [4.78, 5) is 0. The lowest BCUT2D eigenvalue weighted by atomic mass is 9.92. The Balaban J connectivity index is 1.59. The van der Waals surface area contributed by atoms with Crippen molar-refractivity contribution < 1.29 is 19.7 Å². The molecule has 2 atom stereocenters. The monoisotopic (exact) mass is 302 g/mol. The molecular weight excluding hydrogens is 280 g/mol. The standard InChI is InChI=1S/C18H22O4/c1-13-2-4-14(5-3-13)17(20)7-6-16-12-21-18(22-16)10-8-15(19)9-11-18/h2-5,15-17,19-20H,8-12H2,1H3. The summed E-state index contributed by atoms with van der Waals surface area (Å²) in [5.74, 6) is 5.23. The molecule has 0 aromatic heterocycles. The third-order valence-electron chi connectivity index (χ3n) is 4.35. The lowest BCUT2D eigenvalue weighted by molar-refractivity contribution is -0.192. The fourth-order valence-corrected chi connectivity index (χ4v) is 2.93. The first-order valence-electron chi connectivity index (χ1n) is 7.82. The Hall–Kier alpha value is -1.38. The maximum absolute atomic E-state index is 10.1. The summed E-state index contributed by atoms with van der Waals surface area (Å²) in [5, 5.41) is 19.7. The van der Waals surface area contributed by atoms with Gasteiger partial charge in [0.05, 0.1) is 12.7 Å². The van der Waals surface area contributed by atoms with Gasteiger partial charge < -0.3 is 19.7 Å². The zero-order valence-electron chi connectivity index (χ0n) is 12.8. The summed E-state index contributed by atoms with van der Waals surface area (Å²) in [6, 6.07) is 7.67. The van der Waals surface area contributed by atoms with Crippen molar-refractivity contribution in [2.45, 2.75) is 56.7 Å². The second kappa shape index (κ2) is 6.39. The third-order valence-corrected chi connectivity index (χ3v) is 4.35. The van der Waals surface area contributed by atoms with Gasteiger partial charge in [-0.1, -0.05) is 41.7 Å². The molecule has 2 unspecified atom stereocenters. The maximum Gasteiger partial charge on any atom is 0.170 e. The zero-order chi connectivity index (χ0) is 15.6. The van der Waals surface area contributed by atoms with Gasteiger partial charge in [-0.3, -0.25) is 0 Å². The number of hydrogen-bond donors (Lipinski definition) is 2. The van der Waals surface area contributed by atoms with Crippen LogP contribution in [0.4, 0.5) is 0 Å². The Labute approximate surface area is 131 Å². The highest BCUT2D eigenvalue weighted by Gasteiger charge is 2.43. The van der Waals surface area contributed by atoms with Crippen molar-refractivity contribution in [3.8, 4) is 11.8 Å². The van der Waals surface area contributed by atoms with Gasteiger partial charge in [-0.15, -0.1) is 0 Å². The molecule has 2 aliphatic rings. The van der Waals surface area contributed by atoms with Gasteiger partial charge in [0.2, 0.25) is 0 Å². The Morgan fingerprint density at radius 3 is 2.59 bits per heavy atom. The van der Waals surface area contributed by atoms with Crippen molar-refractivity contribution in [1.29, 1.82) is 0 Å². The average Bonchev–Trinajstić information content (AvgIpc) is 2.92. The van der Waals surface area contributed by atoms with Crippen LogP contribution >= 0.6 is 0 Å². The highest BCUT2D eigenvalue weighted by molar-refractivity contribution is 5.28. The van der Waals surface area contributed by atoms with Gasteiger partial charge in [-0.2, -0.15) is 0 Å². The fraction of sp³-hybridized carbons (Fsp3) is 0.556. The lowest BCUT2D eigenvalue weighted by Crippen LogP contribution is -2.37. The Bertz CT molecular complexity index is 561. The van der Waals surface area contributed by atoms with Crippen LogP contribution in [0, 0.1) is 18.8 Å². The number of aryl methyl sites for hydroxylation is 1. The van der Waals surface area contributed by atoms with Crippen molar-refractivity contribution in [3.05, 3.63) is 35.4 Å². The van der Waals surface area contributed by atoms with Gasteiger partial charge in [0.25, 0.3) is 0 Å². The normalized spacial score (nSPS) is 32.5. The smallest absolute Gasteiger partial charge is 0.170 e. The van der Waals surface area contributed by atoms with E-state index in [1.807, 2.05) is 31.2 Å². The first-order chi connectivity index (χ1) is 10.6. The van der Waals surface area contributed by atoms with Crippen LogP contribution in [0.1, 0.15) is 42.9 Å². The minimum Gasteiger partial charge on any atom is -0.393 e. The molecule has 2 N–H and O–H groups in total. The molecule has 0 radical (unpaired) electrons. The fourth-order valence-electron chi connectivity index (χ4n) is 2.93. The van der Waals surface area contributed by atoms with Gasteiger partial charge in [0.15, 0.2) is 5.79 Å². The van der Waals surface area contributed by atoms with E-state index in [-0.39, 0.29) is 12.2 Å². The summed E-state index contributed by atoms with van der Waals surface area (Å²) in [6.07, 6.45) is 1.44. The summed E-state index contributed by atoms with van der Waals surface area (Å²) < 4.78 is 11.7. The first kappa shape index (κ1) is 15.5. The third kappa shape index (κ3) is 3.50. The average molecular weight is 302 g/mol. The van der Waals surface area contributed by atoms with E-state index < -0.39 is 11.9 Å². The van der Waals surface area contributed by atoms with Crippen molar-refractivity contribution in [2.75, 3.05) is 6.61 Å². The SMILES string of the molecule is Cc1ccc(C(O)C#CC2COC3(CCC(O)CC3)O2)cc1. The molecule has 0 amide bonds. The van der Waals surface area contributed by atoms with Gasteiger partial charge in [0, 0.05) is 12.8 Å². The number of aliphatic hydroxyl groups excluding tert-OH is 2. The summed E-state index contributed by atoms with van der Waals surface area (Å²) in [6.45, 7) is 2.43. The molecule has 1 saturated heterocycles. The molecule has 1 aliphatic carbocycles. The van der Waals surface area contributed by atoms with Gasteiger partial charge >= 0.3 is 0 Å². The van der Waals surface area contributed by atoms with E-state index in [9.17, 15) is 10.2 Å². The molecule has 118 valence electrons. The van der Waals surface area contributed by atoms with Crippen LogP contribution in [-0.4, -0.2) is 34.8 Å². The molecule has 1 aliphatic heterocycles. The van der Waals surface area contributed by atoms with E-state index in [1.54, 1.807) is 0 Å². The highest BCUT2D eigenvalue weighted by atomic mass is 16.7. The number of rotatable bonds is 1. The minimum atomic E-state index is -0.811. The minimum absolute atomic E-state index is 0.244. The Morgan fingerprint density at radius 2 is 1.91 bits per heavy atom. The van der Waals surface area contributed by atoms with E-state index >= 15 is 0 Å². The molecule has 1 aromatic carbocycles. The molecule has 4 heteroatoms. The highest BCUT2D eigenvalue weighted by Crippen LogP contribution is 2.37. The molecular formula is C18H22O4. The summed E-state index contributed by atoms with van der Waals surface area (Å²) in [7, 11) is 0. The molecule has 1 saturated carbocycles. The molecule has 2 fully saturated rings. The van der Waals surface area contributed by atoms with Crippen LogP contribution in [0.25, 0.3) is 0 Å². The molecule has 1 spiro atoms. The Kier molecular flexibility index (Phi) is 4.51. The first-order valence-corrected chi connectivity index (χ1v) is 7.82. The van der Waals surface area contributed by atoms with Gasteiger partial charge in [-0.25, -0.2) is 0 Å². The summed E-state index contributed by atoms with van der Waals surface area (Å²) >= 11 is 0.